The van der Waals surface area contributed by atoms with Crippen molar-refractivity contribution >= 4 is 22.9 Å². The van der Waals surface area contributed by atoms with E-state index in [1.54, 1.807) is 17.6 Å². The van der Waals surface area contributed by atoms with Gasteiger partial charge in [0.25, 0.3) is 0 Å². The maximum Gasteiger partial charge on any atom is 0.126 e. The van der Waals surface area contributed by atoms with Gasteiger partial charge in [-0.1, -0.05) is 11.6 Å². The number of hydrogen-bond acceptors (Lipinski definition) is 4. The zero-order valence-corrected chi connectivity index (χ0v) is 13.4. The van der Waals surface area contributed by atoms with Crippen molar-refractivity contribution in [1.82, 2.24) is 5.32 Å². The fourth-order valence-electron chi connectivity index (χ4n) is 2.26. The van der Waals surface area contributed by atoms with Crippen molar-refractivity contribution in [2.24, 2.45) is 0 Å². The summed E-state index contributed by atoms with van der Waals surface area (Å²) in [6, 6.07) is 11.8. The predicted molar refractivity (Wildman–Crippen MR) is 84.9 cm³/mol. The minimum absolute atomic E-state index is 0.0436. The molecule has 5 heteroatoms. The van der Waals surface area contributed by atoms with Crippen LogP contribution in [0, 0.1) is 6.92 Å². The lowest BCUT2D eigenvalue weighted by Gasteiger charge is -2.19. The van der Waals surface area contributed by atoms with Gasteiger partial charge in [-0.05, 0) is 50.2 Å². The Morgan fingerprint density at radius 1 is 1.14 bits per heavy atom. The summed E-state index contributed by atoms with van der Waals surface area (Å²) in [4.78, 5) is 1.12. The van der Waals surface area contributed by atoms with E-state index < -0.39 is 0 Å². The van der Waals surface area contributed by atoms with Crippen LogP contribution < -0.4 is 5.32 Å². The molecule has 3 aromatic heterocycles. The fraction of sp³-hybridized carbons (Fsp3) is 0.250. The Labute approximate surface area is 132 Å². The monoisotopic (exact) mass is 321 g/mol. The fourth-order valence-corrected chi connectivity index (χ4v) is 3.39. The lowest BCUT2D eigenvalue weighted by Crippen LogP contribution is -2.24. The van der Waals surface area contributed by atoms with Gasteiger partial charge < -0.3 is 8.83 Å². The molecule has 0 saturated heterocycles. The number of thiophene rings is 1. The summed E-state index contributed by atoms with van der Waals surface area (Å²) in [5, 5.41) is 3.54. The van der Waals surface area contributed by atoms with E-state index in [0.29, 0.717) is 0 Å². The molecule has 0 spiro atoms. The summed E-state index contributed by atoms with van der Waals surface area (Å²) in [5.41, 5.74) is 0. The van der Waals surface area contributed by atoms with Gasteiger partial charge in [0.05, 0.1) is 16.6 Å². The Hall–Kier alpha value is -1.49. The second-order valence-corrected chi connectivity index (χ2v) is 6.67. The van der Waals surface area contributed by atoms with E-state index in [4.69, 9.17) is 20.4 Å². The summed E-state index contributed by atoms with van der Waals surface area (Å²) in [6.07, 6.45) is 1.68. The van der Waals surface area contributed by atoms with E-state index in [1.165, 1.54) is 0 Å². The number of furan rings is 2. The van der Waals surface area contributed by atoms with Crippen LogP contribution in [0.4, 0.5) is 0 Å². The molecule has 3 heterocycles. The van der Waals surface area contributed by atoms with Crippen molar-refractivity contribution in [2.45, 2.75) is 25.9 Å². The van der Waals surface area contributed by atoms with E-state index in [9.17, 15) is 0 Å². The van der Waals surface area contributed by atoms with Crippen molar-refractivity contribution in [3.05, 3.63) is 69.2 Å². The molecule has 3 rings (SSSR count). The van der Waals surface area contributed by atoms with E-state index >= 15 is 0 Å². The van der Waals surface area contributed by atoms with Gasteiger partial charge in [-0.15, -0.1) is 11.3 Å². The largest absolute Gasteiger partial charge is 0.467 e. The molecule has 0 aliphatic rings. The number of rotatable bonds is 5. The highest BCUT2D eigenvalue weighted by Crippen LogP contribution is 2.33. The SMILES string of the molecule is Cc1ccc(C(C)NC(c2ccco2)c2ccc(Cl)s2)o1. The van der Waals surface area contributed by atoms with Crippen molar-refractivity contribution in [1.29, 1.82) is 0 Å². The first-order valence-corrected chi connectivity index (χ1v) is 7.94. The first kappa shape index (κ1) is 14.4. The molecular weight excluding hydrogens is 306 g/mol. The average Bonchev–Trinajstić information content (AvgIpc) is 3.17. The second-order valence-electron chi connectivity index (χ2n) is 4.93. The molecule has 0 radical (unpaired) electrons. The Morgan fingerprint density at radius 3 is 2.57 bits per heavy atom. The summed E-state index contributed by atoms with van der Waals surface area (Å²) < 4.78 is 12.0. The lowest BCUT2D eigenvalue weighted by atomic mass is 10.1. The van der Waals surface area contributed by atoms with E-state index in [2.05, 4.69) is 12.2 Å². The Morgan fingerprint density at radius 2 is 2.00 bits per heavy atom. The smallest absolute Gasteiger partial charge is 0.126 e. The van der Waals surface area contributed by atoms with Crippen LogP contribution in [0.5, 0.6) is 0 Å². The first-order valence-electron chi connectivity index (χ1n) is 6.74. The molecule has 0 fully saturated rings. The molecule has 0 aromatic carbocycles. The number of hydrogen-bond donors (Lipinski definition) is 1. The summed E-state index contributed by atoms with van der Waals surface area (Å²) in [7, 11) is 0. The van der Waals surface area contributed by atoms with Crippen molar-refractivity contribution in [3.63, 3.8) is 0 Å². The van der Waals surface area contributed by atoms with E-state index in [-0.39, 0.29) is 12.1 Å². The van der Waals surface area contributed by atoms with Crippen LogP contribution in [-0.4, -0.2) is 0 Å². The maximum absolute atomic E-state index is 6.06. The molecule has 3 nitrogen and oxygen atoms in total. The minimum atomic E-state index is -0.0436. The molecule has 0 amide bonds. The first-order chi connectivity index (χ1) is 10.1. The highest BCUT2D eigenvalue weighted by molar-refractivity contribution is 7.16. The number of aryl methyl sites for hydroxylation is 1. The van der Waals surface area contributed by atoms with Gasteiger partial charge in [-0.2, -0.15) is 0 Å². The molecule has 0 bridgehead atoms. The zero-order chi connectivity index (χ0) is 14.8. The summed E-state index contributed by atoms with van der Waals surface area (Å²) >= 11 is 7.61. The molecular formula is C16H16ClNO2S. The number of halogens is 1. The third-order valence-electron chi connectivity index (χ3n) is 3.31. The molecule has 110 valence electrons. The normalized spacial score (nSPS) is 14.2. The molecule has 2 unspecified atom stereocenters. The van der Waals surface area contributed by atoms with Crippen molar-refractivity contribution in [3.8, 4) is 0 Å². The summed E-state index contributed by atoms with van der Waals surface area (Å²) in [5.74, 6) is 2.68. The van der Waals surface area contributed by atoms with Gasteiger partial charge in [-0.3, -0.25) is 5.32 Å². The molecule has 0 aliphatic carbocycles. The van der Waals surface area contributed by atoms with Gasteiger partial charge >= 0.3 is 0 Å². The second kappa shape index (κ2) is 6.10. The molecule has 21 heavy (non-hydrogen) atoms. The Kier molecular flexibility index (Phi) is 4.19. The standard InChI is InChI=1S/C16H16ClNO2S/c1-10-5-6-12(20-10)11(2)18-16(13-4-3-9-19-13)14-7-8-15(17)21-14/h3-9,11,16,18H,1-2H3. The lowest BCUT2D eigenvalue weighted by molar-refractivity contribution is 0.374. The van der Waals surface area contributed by atoms with Gasteiger partial charge in [0.1, 0.15) is 23.3 Å². The zero-order valence-electron chi connectivity index (χ0n) is 11.8. The number of nitrogens with one attached hydrogen (secondary N) is 1. The quantitative estimate of drug-likeness (QED) is 0.689. The van der Waals surface area contributed by atoms with Crippen LogP contribution in [0.2, 0.25) is 4.34 Å². The van der Waals surface area contributed by atoms with Gasteiger partial charge in [0.15, 0.2) is 0 Å². The van der Waals surface area contributed by atoms with E-state index in [1.807, 2.05) is 43.3 Å². The van der Waals surface area contributed by atoms with Gasteiger partial charge in [0, 0.05) is 4.88 Å². The summed E-state index contributed by atoms with van der Waals surface area (Å²) in [6.45, 7) is 4.02. The Bertz CT molecular complexity index is 702. The highest BCUT2D eigenvalue weighted by atomic mass is 35.5. The minimum Gasteiger partial charge on any atom is -0.467 e. The molecule has 3 aromatic rings. The van der Waals surface area contributed by atoms with Crippen LogP contribution >= 0.6 is 22.9 Å². The molecule has 2 atom stereocenters. The average molecular weight is 322 g/mol. The van der Waals surface area contributed by atoms with Crippen LogP contribution in [0.15, 0.2) is 51.5 Å². The van der Waals surface area contributed by atoms with E-state index in [0.717, 1.165) is 26.5 Å². The van der Waals surface area contributed by atoms with Crippen LogP contribution in [-0.2, 0) is 0 Å². The topological polar surface area (TPSA) is 38.3 Å². The third-order valence-corrected chi connectivity index (χ3v) is 4.61. The maximum atomic E-state index is 6.06. The van der Waals surface area contributed by atoms with Crippen LogP contribution in [0.1, 0.15) is 41.2 Å². The van der Waals surface area contributed by atoms with Gasteiger partial charge in [-0.25, -0.2) is 0 Å². The predicted octanol–water partition coefficient (Wildman–Crippen LogP) is 5.34. The van der Waals surface area contributed by atoms with Gasteiger partial charge in [0.2, 0.25) is 0 Å². The van der Waals surface area contributed by atoms with Crippen molar-refractivity contribution in [2.75, 3.05) is 0 Å². The molecule has 0 saturated carbocycles. The highest BCUT2D eigenvalue weighted by Gasteiger charge is 2.22. The Balaban J connectivity index is 1.86. The molecule has 1 N–H and O–H groups in total. The van der Waals surface area contributed by atoms with Crippen LogP contribution in [0.3, 0.4) is 0 Å². The van der Waals surface area contributed by atoms with Crippen LogP contribution in [0.25, 0.3) is 0 Å². The third kappa shape index (κ3) is 3.23. The van der Waals surface area contributed by atoms with Crippen molar-refractivity contribution < 1.29 is 8.83 Å². The molecule has 0 aliphatic heterocycles.